The molecule has 0 bridgehead atoms. The van der Waals surface area contributed by atoms with Crippen molar-refractivity contribution in [1.82, 2.24) is 9.97 Å². The van der Waals surface area contributed by atoms with Gasteiger partial charge in [0.05, 0.1) is 16.7 Å². The Balaban J connectivity index is 1.80. The highest BCUT2D eigenvalue weighted by Gasteiger charge is 2.13. The smallest absolute Gasteiger partial charge is 0.148 e. The Morgan fingerprint density at radius 3 is 2.20 bits per heavy atom. The average Bonchev–Trinajstić information content (AvgIpc) is 2.42. The van der Waals surface area contributed by atoms with Gasteiger partial charge in [0.25, 0.3) is 0 Å². The molecule has 1 N–H and O–H groups in total. The first kappa shape index (κ1) is 13.3. The molecule has 0 atom stereocenters. The van der Waals surface area contributed by atoms with Crippen molar-refractivity contribution in [2.75, 3.05) is 5.32 Å². The molecular formula is C17H23N3. The van der Waals surface area contributed by atoms with Crippen LogP contribution in [0.4, 0.5) is 5.82 Å². The number of nitrogens with zero attached hydrogens (tertiary/aromatic N) is 2. The molecule has 1 aromatic heterocycles. The molecule has 0 spiro atoms. The summed E-state index contributed by atoms with van der Waals surface area (Å²) in [5.74, 6) is 0.967. The second-order valence-corrected chi connectivity index (χ2v) is 5.83. The minimum atomic E-state index is 0.560. The Bertz CT molecular complexity index is 571. The Morgan fingerprint density at radius 2 is 1.50 bits per heavy atom. The lowest BCUT2D eigenvalue weighted by molar-refractivity contribution is 0.470. The molecule has 106 valence electrons. The van der Waals surface area contributed by atoms with Crippen LogP contribution in [0, 0.1) is 6.92 Å². The van der Waals surface area contributed by atoms with Gasteiger partial charge in [-0.1, -0.05) is 44.2 Å². The number of nitrogens with one attached hydrogen (secondary N) is 1. The van der Waals surface area contributed by atoms with E-state index in [4.69, 9.17) is 4.98 Å². The summed E-state index contributed by atoms with van der Waals surface area (Å²) in [7, 11) is 0. The zero-order valence-electron chi connectivity index (χ0n) is 12.2. The molecule has 0 amide bonds. The van der Waals surface area contributed by atoms with Crippen LogP contribution in [0.15, 0.2) is 24.3 Å². The second kappa shape index (κ2) is 6.21. The van der Waals surface area contributed by atoms with Gasteiger partial charge in [-0.05, 0) is 31.9 Å². The largest absolute Gasteiger partial charge is 0.366 e. The highest BCUT2D eigenvalue weighted by atomic mass is 15.0. The van der Waals surface area contributed by atoms with Crippen molar-refractivity contribution in [3.63, 3.8) is 0 Å². The molecule has 3 nitrogen and oxygen atoms in total. The molecule has 0 saturated heterocycles. The normalized spacial score (nSPS) is 17.6. The molecule has 0 unspecified atom stereocenters. The highest BCUT2D eigenvalue weighted by molar-refractivity contribution is 5.76. The maximum atomic E-state index is 4.75. The third-order valence-corrected chi connectivity index (χ3v) is 4.19. The van der Waals surface area contributed by atoms with E-state index < -0.39 is 0 Å². The van der Waals surface area contributed by atoms with Crippen LogP contribution in [0.1, 0.15) is 50.6 Å². The van der Waals surface area contributed by atoms with Gasteiger partial charge in [-0.25, -0.2) is 9.97 Å². The summed E-state index contributed by atoms with van der Waals surface area (Å²) in [5, 5.41) is 3.64. The predicted octanol–water partition coefficient (Wildman–Crippen LogP) is 4.46. The van der Waals surface area contributed by atoms with Crippen molar-refractivity contribution in [3.05, 3.63) is 30.0 Å². The monoisotopic (exact) mass is 269 g/mol. The molecule has 1 saturated carbocycles. The SMILES string of the molecule is Cc1nc2ccccc2nc1NC1CCCCCCC1. The molecule has 0 aliphatic heterocycles. The zero-order valence-corrected chi connectivity index (χ0v) is 12.2. The molecule has 1 aliphatic carbocycles. The maximum Gasteiger partial charge on any atom is 0.148 e. The van der Waals surface area contributed by atoms with Crippen LogP contribution in [-0.2, 0) is 0 Å². The first-order valence-corrected chi connectivity index (χ1v) is 7.83. The second-order valence-electron chi connectivity index (χ2n) is 5.83. The van der Waals surface area contributed by atoms with Crippen molar-refractivity contribution < 1.29 is 0 Å². The minimum Gasteiger partial charge on any atom is -0.366 e. The van der Waals surface area contributed by atoms with E-state index in [0.29, 0.717) is 6.04 Å². The first-order chi connectivity index (χ1) is 9.83. The van der Waals surface area contributed by atoms with Gasteiger partial charge in [0.1, 0.15) is 5.82 Å². The molecular weight excluding hydrogens is 246 g/mol. The summed E-state index contributed by atoms with van der Waals surface area (Å²) < 4.78 is 0. The zero-order chi connectivity index (χ0) is 13.8. The van der Waals surface area contributed by atoms with E-state index in [2.05, 4.69) is 10.3 Å². The Kier molecular flexibility index (Phi) is 4.14. The molecule has 3 rings (SSSR count). The molecule has 1 fully saturated rings. The van der Waals surface area contributed by atoms with Gasteiger partial charge in [0.2, 0.25) is 0 Å². The van der Waals surface area contributed by atoms with E-state index in [-0.39, 0.29) is 0 Å². The summed E-state index contributed by atoms with van der Waals surface area (Å²) in [4.78, 5) is 9.41. The summed E-state index contributed by atoms with van der Waals surface area (Å²) in [6, 6.07) is 8.65. The number of aryl methyl sites for hydroxylation is 1. The number of para-hydroxylation sites is 2. The fraction of sp³-hybridized carbons (Fsp3) is 0.529. The molecule has 1 heterocycles. The van der Waals surface area contributed by atoms with Crippen LogP contribution < -0.4 is 5.32 Å². The summed E-state index contributed by atoms with van der Waals surface area (Å²) >= 11 is 0. The molecule has 3 heteroatoms. The molecule has 1 aromatic carbocycles. The van der Waals surface area contributed by atoms with E-state index in [9.17, 15) is 0 Å². The predicted molar refractivity (Wildman–Crippen MR) is 84.0 cm³/mol. The van der Waals surface area contributed by atoms with Crippen molar-refractivity contribution in [2.24, 2.45) is 0 Å². The molecule has 0 radical (unpaired) electrons. The lowest BCUT2D eigenvalue weighted by Gasteiger charge is -2.22. The number of benzene rings is 1. The number of fused-ring (bicyclic) bond motifs is 1. The van der Waals surface area contributed by atoms with Gasteiger partial charge in [-0.2, -0.15) is 0 Å². The van der Waals surface area contributed by atoms with Gasteiger partial charge in [-0.3, -0.25) is 0 Å². The third-order valence-electron chi connectivity index (χ3n) is 4.19. The van der Waals surface area contributed by atoms with Crippen molar-refractivity contribution >= 4 is 16.9 Å². The topological polar surface area (TPSA) is 37.8 Å². The molecule has 2 aromatic rings. The number of hydrogen-bond acceptors (Lipinski definition) is 3. The Labute approximate surface area is 120 Å². The van der Waals surface area contributed by atoms with E-state index in [1.54, 1.807) is 0 Å². The summed E-state index contributed by atoms with van der Waals surface area (Å²) in [5.41, 5.74) is 2.96. The van der Waals surface area contributed by atoms with Crippen LogP contribution in [0.3, 0.4) is 0 Å². The molecule has 20 heavy (non-hydrogen) atoms. The van der Waals surface area contributed by atoms with Crippen LogP contribution in [0.25, 0.3) is 11.0 Å². The Hall–Kier alpha value is -1.64. The average molecular weight is 269 g/mol. The standard InChI is InChI=1S/C17H23N3/c1-13-17(19-14-9-5-3-2-4-6-10-14)20-16-12-8-7-11-15(16)18-13/h7-8,11-12,14H,2-6,9-10H2,1H3,(H,19,20). The van der Waals surface area contributed by atoms with Gasteiger partial charge >= 0.3 is 0 Å². The fourth-order valence-corrected chi connectivity index (χ4v) is 3.02. The van der Waals surface area contributed by atoms with Crippen LogP contribution >= 0.6 is 0 Å². The highest BCUT2D eigenvalue weighted by Crippen LogP contribution is 2.22. The van der Waals surface area contributed by atoms with E-state index in [1.807, 2.05) is 31.2 Å². The van der Waals surface area contributed by atoms with Crippen LogP contribution in [0.2, 0.25) is 0 Å². The lowest BCUT2D eigenvalue weighted by Crippen LogP contribution is -2.22. The van der Waals surface area contributed by atoms with E-state index in [0.717, 1.165) is 22.5 Å². The van der Waals surface area contributed by atoms with E-state index >= 15 is 0 Å². The van der Waals surface area contributed by atoms with Crippen LogP contribution in [0.5, 0.6) is 0 Å². The van der Waals surface area contributed by atoms with Crippen molar-refractivity contribution in [2.45, 2.75) is 57.9 Å². The van der Waals surface area contributed by atoms with Gasteiger partial charge in [0, 0.05) is 6.04 Å². The first-order valence-electron chi connectivity index (χ1n) is 7.83. The summed E-state index contributed by atoms with van der Waals surface area (Å²) in [6.45, 7) is 2.05. The summed E-state index contributed by atoms with van der Waals surface area (Å²) in [6.07, 6.45) is 9.33. The maximum absolute atomic E-state index is 4.75. The van der Waals surface area contributed by atoms with Gasteiger partial charge in [0.15, 0.2) is 0 Å². The molecule has 1 aliphatic rings. The Morgan fingerprint density at radius 1 is 0.900 bits per heavy atom. The number of aromatic nitrogens is 2. The third kappa shape index (κ3) is 3.09. The van der Waals surface area contributed by atoms with Crippen molar-refractivity contribution in [1.29, 1.82) is 0 Å². The fourth-order valence-electron chi connectivity index (χ4n) is 3.02. The van der Waals surface area contributed by atoms with E-state index in [1.165, 1.54) is 44.9 Å². The van der Waals surface area contributed by atoms with Gasteiger partial charge in [-0.15, -0.1) is 0 Å². The van der Waals surface area contributed by atoms with Crippen LogP contribution in [-0.4, -0.2) is 16.0 Å². The quantitative estimate of drug-likeness (QED) is 0.874. The number of rotatable bonds is 2. The van der Waals surface area contributed by atoms with Crippen molar-refractivity contribution in [3.8, 4) is 0 Å². The number of hydrogen-bond donors (Lipinski definition) is 1. The minimum absolute atomic E-state index is 0.560. The number of anilines is 1. The lowest BCUT2D eigenvalue weighted by atomic mass is 9.97. The van der Waals surface area contributed by atoms with Gasteiger partial charge < -0.3 is 5.32 Å².